The SMILES string of the molecule is O=C(NCCSC(F)(F)F)c1ccc(C#CCO)cn1. The molecule has 108 valence electrons. The molecule has 0 aliphatic rings. The average molecular weight is 304 g/mol. The summed E-state index contributed by atoms with van der Waals surface area (Å²) in [5, 5.41) is 10.8. The van der Waals surface area contributed by atoms with Gasteiger partial charge in [-0.05, 0) is 23.9 Å². The normalized spacial score (nSPS) is 10.6. The van der Waals surface area contributed by atoms with Crippen molar-refractivity contribution < 1.29 is 23.1 Å². The van der Waals surface area contributed by atoms with E-state index in [9.17, 15) is 18.0 Å². The summed E-state index contributed by atoms with van der Waals surface area (Å²) in [5.74, 6) is 4.23. The third-order valence-electron chi connectivity index (χ3n) is 1.96. The highest BCUT2D eigenvalue weighted by Gasteiger charge is 2.27. The molecule has 0 aliphatic heterocycles. The summed E-state index contributed by atoms with van der Waals surface area (Å²) in [6.45, 7) is -0.379. The maximum absolute atomic E-state index is 11.9. The Morgan fingerprint density at radius 1 is 1.45 bits per heavy atom. The number of alkyl halides is 3. The lowest BCUT2D eigenvalue weighted by molar-refractivity contribution is -0.0327. The highest BCUT2D eigenvalue weighted by Crippen LogP contribution is 2.29. The number of carbonyl (C=O) groups excluding carboxylic acids is 1. The van der Waals surface area contributed by atoms with Gasteiger partial charge < -0.3 is 10.4 Å². The molecule has 1 aromatic heterocycles. The monoisotopic (exact) mass is 304 g/mol. The van der Waals surface area contributed by atoms with Gasteiger partial charge in [0.15, 0.2) is 0 Å². The minimum atomic E-state index is -4.30. The van der Waals surface area contributed by atoms with Crippen LogP contribution in [0.2, 0.25) is 0 Å². The van der Waals surface area contributed by atoms with E-state index in [1.807, 2.05) is 0 Å². The zero-order valence-electron chi connectivity index (χ0n) is 10.2. The maximum atomic E-state index is 11.9. The second-order valence-corrected chi connectivity index (χ2v) is 4.60. The molecular weight excluding hydrogens is 293 g/mol. The number of aliphatic hydroxyl groups is 1. The highest BCUT2D eigenvalue weighted by atomic mass is 32.2. The molecule has 0 aromatic carbocycles. The van der Waals surface area contributed by atoms with Crippen LogP contribution in [0.15, 0.2) is 18.3 Å². The van der Waals surface area contributed by atoms with Gasteiger partial charge in [0.2, 0.25) is 0 Å². The molecule has 8 heteroatoms. The number of nitrogens with one attached hydrogen (secondary N) is 1. The van der Waals surface area contributed by atoms with Crippen molar-refractivity contribution in [2.24, 2.45) is 0 Å². The van der Waals surface area contributed by atoms with Gasteiger partial charge in [0.25, 0.3) is 5.91 Å². The van der Waals surface area contributed by atoms with Crippen LogP contribution in [0.3, 0.4) is 0 Å². The van der Waals surface area contributed by atoms with E-state index >= 15 is 0 Å². The van der Waals surface area contributed by atoms with Crippen LogP contribution in [0, 0.1) is 11.8 Å². The molecule has 1 aromatic rings. The van der Waals surface area contributed by atoms with Gasteiger partial charge in [0.05, 0.1) is 0 Å². The first-order valence-corrected chi connectivity index (χ1v) is 6.45. The lowest BCUT2D eigenvalue weighted by Crippen LogP contribution is -2.27. The van der Waals surface area contributed by atoms with Gasteiger partial charge in [-0.25, -0.2) is 4.98 Å². The van der Waals surface area contributed by atoms with Crippen molar-refractivity contribution in [1.29, 1.82) is 0 Å². The first kappa shape index (κ1) is 16.3. The van der Waals surface area contributed by atoms with Crippen molar-refractivity contribution >= 4 is 17.7 Å². The van der Waals surface area contributed by atoms with Crippen molar-refractivity contribution in [2.75, 3.05) is 18.9 Å². The molecule has 0 radical (unpaired) electrons. The van der Waals surface area contributed by atoms with Gasteiger partial charge in [-0.2, -0.15) is 13.2 Å². The highest BCUT2D eigenvalue weighted by molar-refractivity contribution is 8.00. The molecule has 2 N–H and O–H groups in total. The summed E-state index contributed by atoms with van der Waals surface area (Å²) >= 11 is -0.195. The van der Waals surface area contributed by atoms with Crippen LogP contribution in [-0.2, 0) is 0 Å². The minimum absolute atomic E-state index is 0.0940. The molecule has 0 spiro atoms. The van der Waals surface area contributed by atoms with Gasteiger partial charge >= 0.3 is 5.51 Å². The van der Waals surface area contributed by atoms with Gasteiger partial charge in [0, 0.05) is 24.1 Å². The number of rotatable bonds is 4. The van der Waals surface area contributed by atoms with Crippen molar-refractivity contribution in [3.63, 3.8) is 0 Å². The van der Waals surface area contributed by atoms with E-state index in [-0.39, 0.29) is 36.4 Å². The van der Waals surface area contributed by atoms with E-state index in [0.29, 0.717) is 5.56 Å². The summed E-state index contributed by atoms with van der Waals surface area (Å²) in [5.41, 5.74) is -3.67. The topological polar surface area (TPSA) is 62.2 Å². The van der Waals surface area contributed by atoms with Gasteiger partial charge in [-0.15, -0.1) is 0 Å². The predicted molar refractivity (Wildman–Crippen MR) is 69.0 cm³/mol. The second kappa shape index (κ2) is 7.77. The maximum Gasteiger partial charge on any atom is 0.441 e. The van der Waals surface area contributed by atoms with E-state index in [1.165, 1.54) is 18.3 Å². The Kier molecular flexibility index (Phi) is 6.35. The quantitative estimate of drug-likeness (QED) is 0.652. The molecule has 0 aliphatic carbocycles. The van der Waals surface area contributed by atoms with E-state index in [1.54, 1.807) is 0 Å². The minimum Gasteiger partial charge on any atom is -0.384 e. The van der Waals surface area contributed by atoms with Crippen molar-refractivity contribution in [3.8, 4) is 11.8 Å². The summed E-state index contributed by atoms with van der Waals surface area (Å²) < 4.78 is 35.6. The second-order valence-electron chi connectivity index (χ2n) is 3.44. The van der Waals surface area contributed by atoms with Crippen LogP contribution in [0.25, 0.3) is 0 Å². The lowest BCUT2D eigenvalue weighted by Gasteiger charge is -2.06. The van der Waals surface area contributed by atoms with Gasteiger partial charge in [-0.3, -0.25) is 4.79 Å². The number of hydrogen-bond acceptors (Lipinski definition) is 4. The Hall–Kier alpha value is -1.72. The van der Waals surface area contributed by atoms with Crippen LogP contribution >= 0.6 is 11.8 Å². The first-order chi connectivity index (χ1) is 9.42. The third-order valence-corrected chi connectivity index (χ3v) is 2.70. The average Bonchev–Trinajstić information content (AvgIpc) is 2.40. The molecule has 0 unspecified atom stereocenters. The number of aromatic nitrogens is 1. The fourth-order valence-electron chi connectivity index (χ4n) is 1.17. The number of nitrogens with zero attached hydrogens (tertiary/aromatic N) is 1. The first-order valence-electron chi connectivity index (χ1n) is 5.47. The smallest absolute Gasteiger partial charge is 0.384 e. The number of aliphatic hydroxyl groups excluding tert-OH is 1. The molecule has 4 nitrogen and oxygen atoms in total. The fourth-order valence-corrected chi connectivity index (χ4v) is 1.60. The Labute approximate surface area is 117 Å². The molecule has 0 bridgehead atoms. The fraction of sp³-hybridized carbons (Fsp3) is 0.333. The Bertz CT molecular complexity index is 506. The van der Waals surface area contributed by atoms with Gasteiger partial charge in [0.1, 0.15) is 12.3 Å². The number of hydrogen-bond donors (Lipinski definition) is 2. The molecule has 0 atom stereocenters. The van der Waals surface area contributed by atoms with E-state index in [2.05, 4.69) is 22.1 Å². The molecule has 0 saturated heterocycles. The van der Waals surface area contributed by atoms with Crippen molar-refractivity contribution in [2.45, 2.75) is 5.51 Å². The molecule has 0 fully saturated rings. The Morgan fingerprint density at radius 2 is 2.20 bits per heavy atom. The third kappa shape index (κ3) is 6.45. The Morgan fingerprint density at radius 3 is 2.75 bits per heavy atom. The predicted octanol–water partition coefficient (Wildman–Crippen LogP) is 1.41. The van der Waals surface area contributed by atoms with Crippen molar-refractivity contribution in [1.82, 2.24) is 10.3 Å². The zero-order chi connectivity index (χ0) is 15.0. The Balaban J connectivity index is 2.44. The van der Waals surface area contributed by atoms with Gasteiger partial charge in [-0.1, -0.05) is 11.8 Å². The molecule has 20 heavy (non-hydrogen) atoms. The molecule has 1 rings (SSSR count). The van der Waals surface area contributed by atoms with Crippen LogP contribution in [0.1, 0.15) is 16.1 Å². The lowest BCUT2D eigenvalue weighted by atomic mass is 10.2. The summed E-state index contributed by atoms with van der Waals surface area (Å²) in [4.78, 5) is 15.4. The number of amides is 1. The van der Waals surface area contributed by atoms with Crippen LogP contribution < -0.4 is 5.32 Å². The number of halogens is 3. The van der Waals surface area contributed by atoms with E-state index < -0.39 is 11.4 Å². The molecular formula is C12H11F3N2O2S. The zero-order valence-corrected chi connectivity index (χ0v) is 11.0. The summed E-state index contributed by atoms with van der Waals surface area (Å²) in [7, 11) is 0. The largest absolute Gasteiger partial charge is 0.441 e. The standard InChI is InChI=1S/C12H11F3N2O2S/c13-12(14,15)20-7-5-16-11(19)10-4-3-9(8-17-10)2-1-6-18/h3-4,8,18H,5-7H2,(H,16,19). The van der Waals surface area contributed by atoms with E-state index in [0.717, 1.165) is 0 Å². The number of carbonyl (C=O) groups is 1. The van der Waals surface area contributed by atoms with E-state index in [4.69, 9.17) is 5.11 Å². The molecule has 1 amide bonds. The van der Waals surface area contributed by atoms with Crippen LogP contribution in [0.5, 0.6) is 0 Å². The summed E-state index contributed by atoms with van der Waals surface area (Å²) in [6.07, 6.45) is 1.35. The van der Waals surface area contributed by atoms with Crippen LogP contribution in [0.4, 0.5) is 13.2 Å². The van der Waals surface area contributed by atoms with Crippen LogP contribution in [-0.4, -0.2) is 40.4 Å². The molecule has 1 heterocycles. The molecule has 0 saturated carbocycles. The summed E-state index contributed by atoms with van der Waals surface area (Å²) in [6, 6.07) is 2.95. The number of pyridine rings is 1. The van der Waals surface area contributed by atoms with Crippen molar-refractivity contribution in [3.05, 3.63) is 29.6 Å². The number of thioether (sulfide) groups is 1.